The van der Waals surface area contributed by atoms with Crippen LogP contribution in [0.3, 0.4) is 0 Å². The minimum Gasteiger partial charge on any atom is -0.491 e. The Hall–Kier alpha value is -2.95. The molecule has 0 unspecified atom stereocenters. The summed E-state index contributed by atoms with van der Waals surface area (Å²) in [5, 5.41) is 0. The van der Waals surface area contributed by atoms with Gasteiger partial charge in [0, 0.05) is 5.56 Å². The van der Waals surface area contributed by atoms with Gasteiger partial charge in [0.25, 0.3) is 0 Å². The number of benzene rings is 3. The Morgan fingerprint density at radius 3 is 2.20 bits per heavy atom. The Morgan fingerprint density at radius 2 is 1.51 bits per heavy atom. The number of hydrogen-bond acceptors (Lipinski definition) is 2. The third-order valence-electron chi connectivity index (χ3n) is 6.92. The molecule has 1 fully saturated rings. The summed E-state index contributed by atoms with van der Waals surface area (Å²) in [6, 6.07) is 15.3. The molecule has 0 bridgehead atoms. The molecule has 0 aliphatic heterocycles. The van der Waals surface area contributed by atoms with E-state index in [1.165, 1.54) is 6.07 Å². The van der Waals surface area contributed by atoms with Crippen molar-refractivity contribution in [1.82, 2.24) is 0 Å². The molecule has 0 amide bonds. The zero-order valence-electron chi connectivity index (χ0n) is 20.5. The van der Waals surface area contributed by atoms with Crippen LogP contribution in [0, 0.1) is 23.4 Å². The first kappa shape index (κ1) is 25.2. The van der Waals surface area contributed by atoms with E-state index in [0.29, 0.717) is 23.8 Å². The van der Waals surface area contributed by atoms with Crippen LogP contribution < -0.4 is 9.47 Å². The number of halogens is 3. The van der Waals surface area contributed by atoms with Crippen molar-refractivity contribution in [3.05, 3.63) is 83.2 Å². The highest BCUT2D eigenvalue weighted by Crippen LogP contribution is 2.37. The second-order valence-corrected chi connectivity index (χ2v) is 9.56. The maximum atomic E-state index is 14.8. The molecule has 0 aromatic heterocycles. The Kier molecular flexibility index (Phi) is 8.37. The van der Waals surface area contributed by atoms with Crippen molar-refractivity contribution in [2.45, 2.75) is 64.9 Å². The van der Waals surface area contributed by atoms with E-state index in [-0.39, 0.29) is 23.8 Å². The van der Waals surface area contributed by atoms with E-state index in [1.807, 2.05) is 18.2 Å². The molecule has 5 heteroatoms. The van der Waals surface area contributed by atoms with E-state index in [0.717, 1.165) is 49.7 Å². The van der Waals surface area contributed by atoms with Crippen molar-refractivity contribution >= 4 is 0 Å². The van der Waals surface area contributed by atoms with Crippen LogP contribution in [0.4, 0.5) is 13.2 Å². The van der Waals surface area contributed by atoms with Gasteiger partial charge in [-0.2, -0.15) is 0 Å². The van der Waals surface area contributed by atoms with Gasteiger partial charge in [0.15, 0.2) is 23.2 Å². The van der Waals surface area contributed by atoms with Crippen LogP contribution in [-0.4, -0.2) is 6.61 Å². The number of hydrogen-bond donors (Lipinski definition) is 0. The van der Waals surface area contributed by atoms with E-state index < -0.39 is 17.5 Å². The molecule has 1 aliphatic carbocycles. The van der Waals surface area contributed by atoms with Crippen molar-refractivity contribution in [3.8, 4) is 22.6 Å². The maximum Gasteiger partial charge on any atom is 0.165 e. The first-order chi connectivity index (χ1) is 17.0. The summed E-state index contributed by atoms with van der Waals surface area (Å²) in [4.78, 5) is 0. The number of ether oxygens (including phenoxy) is 2. The molecule has 186 valence electrons. The van der Waals surface area contributed by atoms with Crippen molar-refractivity contribution in [3.63, 3.8) is 0 Å². The van der Waals surface area contributed by atoms with Crippen LogP contribution >= 0.6 is 0 Å². The van der Waals surface area contributed by atoms with E-state index in [1.54, 1.807) is 30.3 Å². The smallest absolute Gasteiger partial charge is 0.165 e. The lowest BCUT2D eigenvalue weighted by atomic mass is 9.79. The average molecular weight is 483 g/mol. The Labute approximate surface area is 206 Å². The van der Waals surface area contributed by atoms with Gasteiger partial charge in [-0.15, -0.1) is 0 Å². The zero-order chi connectivity index (χ0) is 24.8. The monoisotopic (exact) mass is 482 g/mol. The molecular weight excluding hydrogens is 449 g/mol. The lowest BCUT2D eigenvalue weighted by molar-refractivity contribution is 0.294. The molecule has 0 N–H and O–H groups in total. The van der Waals surface area contributed by atoms with E-state index >= 15 is 0 Å². The molecule has 0 saturated heterocycles. The van der Waals surface area contributed by atoms with Crippen molar-refractivity contribution < 1.29 is 22.6 Å². The van der Waals surface area contributed by atoms with E-state index in [4.69, 9.17) is 9.47 Å². The fourth-order valence-corrected chi connectivity index (χ4v) is 4.63. The molecule has 3 aromatic carbocycles. The first-order valence-corrected chi connectivity index (χ1v) is 12.6. The highest BCUT2D eigenvalue weighted by molar-refractivity contribution is 5.65. The summed E-state index contributed by atoms with van der Waals surface area (Å²) in [5.41, 5.74) is 2.22. The molecule has 1 aliphatic rings. The Balaban J connectivity index is 1.38. The third kappa shape index (κ3) is 6.19. The topological polar surface area (TPSA) is 18.5 Å². The van der Waals surface area contributed by atoms with Crippen molar-refractivity contribution in [2.75, 3.05) is 6.61 Å². The standard InChI is InChI=1S/C30H33F3O2/c1-3-4-17-34-28-16-12-23(18-27(28)31)21-9-13-25(14-10-21)35-19-24-11-15-26(30(33)29(24)32)22-7-5-20(2)6-8-22/h9-16,18,20,22H,3-8,17,19H2,1-2H3. The van der Waals surface area contributed by atoms with Gasteiger partial charge in [-0.25, -0.2) is 13.2 Å². The lowest BCUT2D eigenvalue weighted by Crippen LogP contribution is -2.13. The highest BCUT2D eigenvalue weighted by atomic mass is 19.2. The molecule has 35 heavy (non-hydrogen) atoms. The quantitative estimate of drug-likeness (QED) is 0.284. The largest absolute Gasteiger partial charge is 0.491 e. The van der Waals surface area contributed by atoms with Gasteiger partial charge in [-0.3, -0.25) is 0 Å². The summed E-state index contributed by atoms with van der Waals surface area (Å²) in [5.74, 6) is -0.451. The van der Waals surface area contributed by atoms with Crippen LogP contribution in [0.2, 0.25) is 0 Å². The summed E-state index contributed by atoms with van der Waals surface area (Å²) in [7, 11) is 0. The number of rotatable bonds is 9. The predicted octanol–water partition coefficient (Wildman–Crippen LogP) is 8.82. The summed E-state index contributed by atoms with van der Waals surface area (Å²) >= 11 is 0. The first-order valence-electron chi connectivity index (χ1n) is 12.6. The second kappa shape index (κ2) is 11.7. The molecule has 0 spiro atoms. The van der Waals surface area contributed by atoms with Gasteiger partial charge < -0.3 is 9.47 Å². The van der Waals surface area contributed by atoms with Gasteiger partial charge >= 0.3 is 0 Å². The highest BCUT2D eigenvalue weighted by Gasteiger charge is 2.24. The van der Waals surface area contributed by atoms with Gasteiger partial charge in [-0.1, -0.05) is 63.4 Å². The van der Waals surface area contributed by atoms with E-state index in [9.17, 15) is 13.2 Å². The van der Waals surface area contributed by atoms with Crippen molar-refractivity contribution in [1.29, 1.82) is 0 Å². The second-order valence-electron chi connectivity index (χ2n) is 9.56. The molecule has 3 aromatic rings. The molecule has 4 rings (SSSR count). The normalized spacial score (nSPS) is 17.9. The summed E-state index contributed by atoms with van der Waals surface area (Å²) < 4.78 is 55.1. The molecule has 2 nitrogen and oxygen atoms in total. The van der Waals surface area contributed by atoms with Gasteiger partial charge in [0.2, 0.25) is 0 Å². The molecule has 0 radical (unpaired) electrons. The summed E-state index contributed by atoms with van der Waals surface area (Å²) in [6.07, 6.45) is 5.77. The van der Waals surface area contributed by atoms with Crippen LogP contribution in [0.5, 0.6) is 11.5 Å². The fourth-order valence-electron chi connectivity index (χ4n) is 4.63. The van der Waals surface area contributed by atoms with Gasteiger partial charge in [-0.05, 0) is 72.1 Å². The predicted molar refractivity (Wildman–Crippen MR) is 133 cm³/mol. The fraction of sp³-hybridized carbons (Fsp3) is 0.400. The molecular formula is C30H33F3O2. The maximum absolute atomic E-state index is 14.8. The van der Waals surface area contributed by atoms with Crippen LogP contribution in [0.25, 0.3) is 11.1 Å². The minimum absolute atomic E-state index is 0.0670. The zero-order valence-corrected chi connectivity index (χ0v) is 20.5. The Bertz CT molecular complexity index is 1120. The van der Waals surface area contributed by atoms with Crippen molar-refractivity contribution in [2.24, 2.45) is 5.92 Å². The Morgan fingerprint density at radius 1 is 0.800 bits per heavy atom. The van der Waals surface area contributed by atoms with Crippen LogP contribution in [-0.2, 0) is 6.61 Å². The van der Waals surface area contributed by atoms with Gasteiger partial charge in [0.05, 0.1) is 6.61 Å². The van der Waals surface area contributed by atoms with Gasteiger partial charge in [0.1, 0.15) is 12.4 Å². The summed E-state index contributed by atoms with van der Waals surface area (Å²) in [6.45, 7) is 4.69. The third-order valence-corrected chi connectivity index (χ3v) is 6.92. The average Bonchev–Trinajstić information content (AvgIpc) is 2.87. The molecule has 0 atom stereocenters. The molecule has 0 heterocycles. The van der Waals surface area contributed by atoms with Crippen LogP contribution in [0.1, 0.15) is 69.4 Å². The van der Waals surface area contributed by atoms with E-state index in [2.05, 4.69) is 13.8 Å². The SMILES string of the molecule is CCCCOc1ccc(-c2ccc(OCc3ccc(C4CCC(C)CC4)c(F)c3F)cc2)cc1F. The lowest BCUT2D eigenvalue weighted by Gasteiger charge is -2.27. The molecule has 1 saturated carbocycles. The minimum atomic E-state index is -0.825. The van der Waals surface area contributed by atoms with Crippen LogP contribution in [0.15, 0.2) is 54.6 Å². The number of unbranched alkanes of at least 4 members (excludes halogenated alkanes) is 1.